The highest BCUT2D eigenvalue weighted by atomic mass is 79.9. The summed E-state index contributed by atoms with van der Waals surface area (Å²) in [7, 11) is 0. The lowest BCUT2D eigenvalue weighted by molar-refractivity contribution is 0.483. The summed E-state index contributed by atoms with van der Waals surface area (Å²) >= 11 is 7.43. The van der Waals surface area contributed by atoms with Crippen LogP contribution >= 0.6 is 28.6 Å². The van der Waals surface area contributed by atoms with Gasteiger partial charge in [0.15, 0.2) is 4.67 Å². The van der Waals surface area contributed by atoms with Crippen molar-refractivity contribution in [1.29, 1.82) is 0 Å². The summed E-state index contributed by atoms with van der Waals surface area (Å²) in [5.41, 5.74) is 1.22. The fourth-order valence-electron chi connectivity index (χ4n) is 0.966. The molecule has 1 rings (SSSR count). The van der Waals surface area contributed by atoms with Gasteiger partial charge in [-0.25, -0.2) is 0 Å². The lowest BCUT2D eigenvalue weighted by atomic mass is 10.2. The third-order valence-electron chi connectivity index (χ3n) is 1.55. The highest BCUT2D eigenvalue weighted by Gasteiger charge is 2.03. The van der Waals surface area contributed by atoms with Crippen LogP contribution in [-0.2, 0) is 6.42 Å². The number of hydrogen-bond acceptors (Lipinski definition) is 2. The summed E-state index contributed by atoms with van der Waals surface area (Å²) in [6.07, 6.45) is 2.06. The Bertz CT molecular complexity index is 232. The molecule has 0 aliphatic carbocycles. The average Bonchev–Trinajstić information content (AvgIpc) is 2.26. The fourth-order valence-corrected chi connectivity index (χ4v) is 1.66. The summed E-state index contributed by atoms with van der Waals surface area (Å²) in [6, 6.07) is 1.99. The largest absolute Gasteiger partial charge is 0.454 e. The van der Waals surface area contributed by atoms with Crippen LogP contribution in [0.4, 0.5) is 0 Å². The van der Waals surface area contributed by atoms with Crippen molar-refractivity contribution in [2.75, 3.05) is 5.75 Å². The van der Waals surface area contributed by atoms with Crippen molar-refractivity contribution in [3.63, 3.8) is 0 Å². The van der Waals surface area contributed by atoms with E-state index in [0.29, 0.717) is 0 Å². The molecule has 0 atom stereocenters. The molecule has 0 saturated carbocycles. The number of rotatable bonds is 3. The molecule has 1 aromatic rings. The minimum absolute atomic E-state index is 0.823. The zero-order chi connectivity index (χ0) is 8.27. The predicted octanol–water partition coefficient (Wildman–Crippen LogP) is 3.21. The average molecular weight is 235 g/mol. The quantitative estimate of drug-likeness (QED) is 0.794. The minimum Gasteiger partial charge on any atom is -0.454 e. The summed E-state index contributed by atoms with van der Waals surface area (Å²) in [4.78, 5) is 0. The molecule has 0 radical (unpaired) electrons. The Morgan fingerprint density at radius 1 is 1.64 bits per heavy atom. The number of hydrogen-bond donors (Lipinski definition) is 1. The first-order valence-corrected chi connectivity index (χ1v) is 5.02. The molecule has 0 fully saturated rings. The summed E-state index contributed by atoms with van der Waals surface area (Å²) < 4.78 is 6.22. The van der Waals surface area contributed by atoms with E-state index in [1.807, 2.05) is 6.07 Å². The molecule has 1 heterocycles. The molecule has 0 spiro atoms. The van der Waals surface area contributed by atoms with Gasteiger partial charge in [-0.15, -0.1) is 0 Å². The molecule has 0 aromatic carbocycles. The van der Waals surface area contributed by atoms with Crippen molar-refractivity contribution in [1.82, 2.24) is 0 Å². The van der Waals surface area contributed by atoms with Crippen LogP contribution in [-0.4, -0.2) is 5.75 Å². The van der Waals surface area contributed by atoms with E-state index < -0.39 is 0 Å². The molecular weight excluding hydrogens is 224 g/mol. The first kappa shape index (κ1) is 9.20. The molecular formula is C8H11BrOS. The third kappa shape index (κ3) is 2.56. The van der Waals surface area contributed by atoms with E-state index in [-0.39, 0.29) is 0 Å². The highest BCUT2D eigenvalue weighted by molar-refractivity contribution is 9.10. The van der Waals surface area contributed by atoms with Crippen LogP contribution in [0.25, 0.3) is 0 Å². The van der Waals surface area contributed by atoms with E-state index in [2.05, 4.69) is 35.5 Å². The van der Waals surface area contributed by atoms with Gasteiger partial charge < -0.3 is 4.42 Å². The predicted molar refractivity (Wildman–Crippen MR) is 53.3 cm³/mol. The van der Waals surface area contributed by atoms with Crippen molar-refractivity contribution in [3.05, 3.63) is 22.1 Å². The van der Waals surface area contributed by atoms with E-state index in [1.54, 1.807) is 0 Å². The van der Waals surface area contributed by atoms with E-state index in [9.17, 15) is 0 Å². The summed E-state index contributed by atoms with van der Waals surface area (Å²) in [5.74, 6) is 1.99. The second kappa shape index (κ2) is 4.21. The number of aryl methyl sites for hydroxylation is 2. The van der Waals surface area contributed by atoms with E-state index in [1.165, 1.54) is 5.56 Å². The maximum absolute atomic E-state index is 5.40. The maximum Gasteiger partial charge on any atom is 0.169 e. The zero-order valence-corrected chi connectivity index (χ0v) is 8.91. The fraction of sp³-hybridized carbons (Fsp3) is 0.500. The molecule has 11 heavy (non-hydrogen) atoms. The van der Waals surface area contributed by atoms with Crippen LogP contribution in [0.15, 0.2) is 15.2 Å². The summed E-state index contributed by atoms with van der Waals surface area (Å²) in [5, 5.41) is 0. The normalized spacial score (nSPS) is 10.5. The lowest BCUT2D eigenvalue weighted by Gasteiger charge is -1.94. The van der Waals surface area contributed by atoms with Gasteiger partial charge in [0.25, 0.3) is 0 Å². The van der Waals surface area contributed by atoms with Gasteiger partial charge in [-0.05, 0) is 46.7 Å². The Hall–Kier alpha value is 0.110. The second-order valence-corrected chi connectivity index (χ2v) is 3.71. The van der Waals surface area contributed by atoms with Crippen LogP contribution < -0.4 is 0 Å². The molecule has 1 aromatic heterocycles. The first-order chi connectivity index (χ1) is 5.24. The molecule has 0 N–H and O–H groups in total. The Balaban J connectivity index is 2.62. The van der Waals surface area contributed by atoms with Gasteiger partial charge >= 0.3 is 0 Å². The minimum atomic E-state index is 0.823. The standard InChI is InChI=1S/C8H11BrOS/c1-6-5-8(9)10-7(6)3-2-4-11/h5,11H,2-4H2,1H3. The molecule has 0 bridgehead atoms. The summed E-state index contributed by atoms with van der Waals surface area (Å²) in [6.45, 7) is 2.06. The first-order valence-electron chi connectivity index (χ1n) is 3.59. The molecule has 1 nitrogen and oxygen atoms in total. The van der Waals surface area contributed by atoms with Crippen molar-refractivity contribution in [3.8, 4) is 0 Å². The van der Waals surface area contributed by atoms with Crippen LogP contribution in [0.2, 0.25) is 0 Å². The molecule has 0 aliphatic heterocycles. The Labute approximate surface area is 80.7 Å². The van der Waals surface area contributed by atoms with Crippen molar-refractivity contribution in [2.45, 2.75) is 19.8 Å². The monoisotopic (exact) mass is 234 g/mol. The van der Waals surface area contributed by atoms with Crippen LogP contribution in [0.3, 0.4) is 0 Å². The Morgan fingerprint density at radius 2 is 2.36 bits per heavy atom. The lowest BCUT2D eigenvalue weighted by Crippen LogP contribution is -1.85. The second-order valence-electron chi connectivity index (χ2n) is 2.48. The molecule has 0 saturated heterocycles. The van der Waals surface area contributed by atoms with Gasteiger partial charge in [-0.3, -0.25) is 0 Å². The van der Waals surface area contributed by atoms with Crippen molar-refractivity contribution < 1.29 is 4.42 Å². The maximum atomic E-state index is 5.40. The van der Waals surface area contributed by atoms with E-state index >= 15 is 0 Å². The third-order valence-corrected chi connectivity index (χ3v) is 2.26. The number of furan rings is 1. The number of thiol groups is 1. The van der Waals surface area contributed by atoms with Gasteiger partial charge in [-0.1, -0.05) is 0 Å². The molecule has 0 unspecified atom stereocenters. The smallest absolute Gasteiger partial charge is 0.169 e. The van der Waals surface area contributed by atoms with E-state index in [0.717, 1.165) is 29.0 Å². The van der Waals surface area contributed by atoms with Gasteiger partial charge in [0.05, 0.1) is 0 Å². The van der Waals surface area contributed by atoms with Gasteiger partial charge in [0.2, 0.25) is 0 Å². The van der Waals surface area contributed by atoms with Gasteiger partial charge in [0.1, 0.15) is 5.76 Å². The SMILES string of the molecule is Cc1cc(Br)oc1CCCS. The van der Waals surface area contributed by atoms with Gasteiger partial charge in [0, 0.05) is 6.42 Å². The topological polar surface area (TPSA) is 13.1 Å². The van der Waals surface area contributed by atoms with Crippen LogP contribution in [0, 0.1) is 6.92 Å². The van der Waals surface area contributed by atoms with Crippen LogP contribution in [0.1, 0.15) is 17.7 Å². The van der Waals surface area contributed by atoms with Crippen molar-refractivity contribution in [2.24, 2.45) is 0 Å². The molecule has 0 amide bonds. The molecule has 62 valence electrons. The van der Waals surface area contributed by atoms with E-state index in [4.69, 9.17) is 4.42 Å². The Morgan fingerprint density at radius 3 is 2.82 bits per heavy atom. The van der Waals surface area contributed by atoms with Gasteiger partial charge in [-0.2, -0.15) is 12.6 Å². The number of halogens is 1. The molecule has 0 aliphatic rings. The Kier molecular flexibility index (Phi) is 3.52. The van der Waals surface area contributed by atoms with Crippen molar-refractivity contribution >= 4 is 28.6 Å². The zero-order valence-electron chi connectivity index (χ0n) is 6.43. The highest BCUT2D eigenvalue weighted by Crippen LogP contribution is 2.20. The molecule has 3 heteroatoms. The van der Waals surface area contributed by atoms with Crippen LogP contribution in [0.5, 0.6) is 0 Å².